The molecule has 4 N–H and O–H groups in total. The number of fused-ring (bicyclic) bond motifs is 1. The number of hydrogen-bond donors (Lipinski definition) is 3. The molecule has 0 spiro atoms. The second-order valence-corrected chi connectivity index (χ2v) is 10.4. The second-order valence-electron chi connectivity index (χ2n) is 10.4. The van der Waals surface area contributed by atoms with Gasteiger partial charge in [0, 0.05) is 17.5 Å². The van der Waals surface area contributed by atoms with Crippen molar-refractivity contribution >= 4 is 29.1 Å². The number of para-hydroxylation sites is 1. The molecule has 0 aromatic heterocycles. The van der Waals surface area contributed by atoms with E-state index in [1.54, 1.807) is 42.5 Å². The van der Waals surface area contributed by atoms with Crippen molar-refractivity contribution in [2.24, 2.45) is 16.6 Å². The van der Waals surface area contributed by atoms with E-state index in [2.05, 4.69) is 15.6 Å². The molecule has 3 aromatic rings. The maximum atomic E-state index is 14.3. The summed E-state index contributed by atoms with van der Waals surface area (Å²) in [5.41, 5.74) is 6.93. The molecule has 0 bridgehead atoms. The normalized spacial score (nSPS) is 17.9. The number of halogens is 4. The second kappa shape index (κ2) is 12.2. The van der Waals surface area contributed by atoms with Gasteiger partial charge in [0.1, 0.15) is 11.6 Å². The minimum absolute atomic E-state index is 0.0326. The number of anilines is 1. The van der Waals surface area contributed by atoms with Crippen molar-refractivity contribution in [2.45, 2.75) is 50.0 Å². The highest BCUT2D eigenvalue weighted by Crippen LogP contribution is 2.37. The van der Waals surface area contributed by atoms with Crippen LogP contribution in [0.4, 0.5) is 23.2 Å². The van der Waals surface area contributed by atoms with Crippen LogP contribution in [0.1, 0.15) is 48.3 Å². The molecule has 1 fully saturated rings. The molecule has 3 aromatic carbocycles. The van der Waals surface area contributed by atoms with Crippen LogP contribution >= 0.6 is 0 Å². The Kier molecular flexibility index (Phi) is 8.47. The van der Waals surface area contributed by atoms with Gasteiger partial charge in [-0.25, -0.2) is 9.38 Å². The van der Waals surface area contributed by atoms with Gasteiger partial charge in [0.2, 0.25) is 18.0 Å². The Morgan fingerprint density at radius 3 is 2.42 bits per heavy atom. The molecule has 3 amide bonds. The van der Waals surface area contributed by atoms with Crippen molar-refractivity contribution in [1.29, 1.82) is 0 Å². The van der Waals surface area contributed by atoms with Gasteiger partial charge in [-0.1, -0.05) is 54.6 Å². The minimum Gasteiger partial charge on any atom is -0.488 e. The van der Waals surface area contributed by atoms with Crippen LogP contribution in [-0.4, -0.2) is 41.9 Å². The van der Waals surface area contributed by atoms with E-state index in [0.717, 1.165) is 12.8 Å². The standard InChI is InChI=1S/C31H28F4N4O4/c32-19-9-4-8-18(16-19)25-22-10-5-11-23(43-20-12-13-20)26(22)38-30(42)28(37-25)39-29(41)21(14-15-31(33,34)35)24(27(36)40)17-6-2-1-3-7-17/h1-11,16,20-21,24,28H,12-15H2,(H2,36,40)(H,38,42)(H,39,41)/t21-,24+,28-/m1/s1. The van der Waals surface area contributed by atoms with E-state index in [4.69, 9.17) is 10.5 Å². The van der Waals surface area contributed by atoms with E-state index in [0.29, 0.717) is 11.3 Å². The molecule has 224 valence electrons. The maximum absolute atomic E-state index is 14.3. The van der Waals surface area contributed by atoms with Gasteiger partial charge in [-0.05, 0) is 43.0 Å². The summed E-state index contributed by atoms with van der Waals surface area (Å²) in [5.74, 6) is -6.06. The van der Waals surface area contributed by atoms with Crippen molar-refractivity contribution < 1.29 is 36.7 Å². The minimum atomic E-state index is -4.63. The van der Waals surface area contributed by atoms with Crippen LogP contribution in [0.15, 0.2) is 77.8 Å². The van der Waals surface area contributed by atoms with Crippen LogP contribution in [0.5, 0.6) is 5.75 Å². The summed E-state index contributed by atoms with van der Waals surface area (Å²) in [6.45, 7) is 0. The third kappa shape index (κ3) is 7.19. The third-order valence-electron chi connectivity index (χ3n) is 7.17. The lowest BCUT2D eigenvalue weighted by molar-refractivity contribution is -0.144. The molecular weight excluding hydrogens is 568 g/mol. The molecule has 5 rings (SSSR count). The molecule has 12 heteroatoms. The molecule has 1 aliphatic carbocycles. The van der Waals surface area contributed by atoms with Crippen molar-refractivity contribution in [3.63, 3.8) is 0 Å². The molecule has 2 aliphatic rings. The highest BCUT2D eigenvalue weighted by atomic mass is 19.4. The zero-order chi connectivity index (χ0) is 30.7. The van der Waals surface area contributed by atoms with E-state index < -0.39 is 60.6 Å². The summed E-state index contributed by atoms with van der Waals surface area (Å²) in [4.78, 5) is 44.2. The van der Waals surface area contributed by atoms with Crippen LogP contribution in [0.2, 0.25) is 0 Å². The molecule has 0 radical (unpaired) electrons. The van der Waals surface area contributed by atoms with E-state index in [1.165, 1.54) is 30.3 Å². The number of hydrogen-bond acceptors (Lipinski definition) is 5. The third-order valence-corrected chi connectivity index (χ3v) is 7.17. The molecule has 0 saturated heterocycles. The zero-order valence-corrected chi connectivity index (χ0v) is 22.7. The predicted octanol–water partition coefficient (Wildman–Crippen LogP) is 4.83. The van der Waals surface area contributed by atoms with E-state index in [9.17, 15) is 31.9 Å². The number of nitrogens with one attached hydrogen (secondary N) is 2. The average Bonchev–Trinajstić information content (AvgIpc) is 3.79. The number of ether oxygens (including phenoxy) is 1. The number of amides is 3. The van der Waals surface area contributed by atoms with Crippen LogP contribution in [0.25, 0.3) is 0 Å². The van der Waals surface area contributed by atoms with Gasteiger partial charge in [-0.2, -0.15) is 13.2 Å². The van der Waals surface area contributed by atoms with Crippen molar-refractivity contribution in [1.82, 2.24) is 5.32 Å². The number of carbonyl (C=O) groups is 3. The summed E-state index contributed by atoms with van der Waals surface area (Å²) in [6, 6.07) is 18.2. The lowest BCUT2D eigenvalue weighted by Crippen LogP contribution is -2.47. The highest BCUT2D eigenvalue weighted by Gasteiger charge is 2.40. The zero-order valence-electron chi connectivity index (χ0n) is 22.7. The van der Waals surface area contributed by atoms with Crippen LogP contribution in [-0.2, 0) is 14.4 Å². The maximum Gasteiger partial charge on any atom is 0.389 e. The van der Waals surface area contributed by atoms with Gasteiger partial charge >= 0.3 is 6.18 Å². The van der Waals surface area contributed by atoms with Gasteiger partial charge in [0.05, 0.1) is 29.3 Å². The topological polar surface area (TPSA) is 123 Å². The largest absolute Gasteiger partial charge is 0.488 e. The van der Waals surface area contributed by atoms with Gasteiger partial charge in [-0.15, -0.1) is 0 Å². The molecule has 8 nitrogen and oxygen atoms in total. The fourth-order valence-corrected chi connectivity index (χ4v) is 5.00. The lowest BCUT2D eigenvalue weighted by Gasteiger charge is -2.26. The molecule has 1 saturated carbocycles. The summed E-state index contributed by atoms with van der Waals surface area (Å²) < 4.78 is 60.2. The molecule has 3 atom stereocenters. The summed E-state index contributed by atoms with van der Waals surface area (Å²) in [6.07, 6.45) is -6.78. The van der Waals surface area contributed by atoms with E-state index in [-0.39, 0.29) is 28.6 Å². The van der Waals surface area contributed by atoms with Crippen molar-refractivity contribution in [2.75, 3.05) is 5.32 Å². The number of aliphatic imine (C=N–C) groups is 1. The number of nitrogens with zero attached hydrogens (tertiary/aromatic N) is 1. The first-order chi connectivity index (χ1) is 20.5. The Bertz CT molecular complexity index is 1560. The number of rotatable bonds is 10. The number of benzene rings is 3. The lowest BCUT2D eigenvalue weighted by atomic mass is 9.81. The van der Waals surface area contributed by atoms with Crippen LogP contribution < -0.4 is 21.1 Å². The Morgan fingerprint density at radius 1 is 1.05 bits per heavy atom. The van der Waals surface area contributed by atoms with Gasteiger partial charge in [0.25, 0.3) is 5.91 Å². The number of benzodiazepines with no additional fused rings is 1. The summed E-state index contributed by atoms with van der Waals surface area (Å²) in [5, 5.41) is 5.14. The fraction of sp³-hybridized carbons (Fsp3) is 0.290. The highest BCUT2D eigenvalue weighted by molar-refractivity contribution is 6.20. The molecule has 43 heavy (non-hydrogen) atoms. The first-order valence-electron chi connectivity index (χ1n) is 13.7. The van der Waals surface area contributed by atoms with Crippen molar-refractivity contribution in [3.05, 3.63) is 95.3 Å². The SMILES string of the molecule is NC(=O)[C@@H](c1ccccc1)[C@@H](CCC(F)(F)F)C(=O)N[C@H]1N=C(c2cccc(F)c2)c2cccc(OC3CC3)c2NC1=O. The monoisotopic (exact) mass is 596 g/mol. The molecule has 1 aliphatic heterocycles. The Hall–Kier alpha value is -4.74. The first kappa shape index (κ1) is 29.7. The number of nitrogens with two attached hydrogens (primary N) is 1. The molecule has 1 heterocycles. The quantitative estimate of drug-likeness (QED) is 0.290. The first-order valence-corrected chi connectivity index (χ1v) is 13.7. The predicted molar refractivity (Wildman–Crippen MR) is 150 cm³/mol. The van der Waals surface area contributed by atoms with Crippen molar-refractivity contribution in [3.8, 4) is 5.75 Å². The Balaban J connectivity index is 1.53. The van der Waals surface area contributed by atoms with Gasteiger partial charge < -0.3 is 21.1 Å². The van der Waals surface area contributed by atoms with E-state index >= 15 is 0 Å². The number of alkyl halides is 3. The van der Waals surface area contributed by atoms with Gasteiger partial charge in [-0.3, -0.25) is 14.4 Å². The summed E-state index contributed by atoms with van der Waals surface area (Å²) in [7, 11) is 0. The molecular formula is C31H28F4N4O4. The molecule has 0 unspecified atom stereocenters. The Morgan fingerprint density at radius 2 is 1.77 bits per heavy atom. The number of primary amides is 1. The smallest absolute Gasteiger partial charge is 0.389 e. The van der Waals surface area contributed by atoms with Crippen LogP contribution in [0.3, 0.4) is 0 Å². The Labute approximate surface area is 244 Å². The number of carbonyl (C=O) groups excluding carboxylic acids is 3. The average molecular weight is 597 g/mol. The summed E-state index contributed by atoms with van der Waals surface area (Å²) >= 11 is 0. The van der Waals surface area contributed by atoms with Crippen LogP contribution in [0, 0.1) is 11.7 Å². The van der Waals surface area contributed by atoms with Gasteiger partial charge in [0.15, 0.2) is 0 Å². The fourth-order valence-electron chi connectivity index (χ4n) is 5.00. The van der Waals surface area contributed by atoms with E-state index in [1.807, 2.05) is 0 Å².